The van der Waals surface area contributed by atoms with Gasteiger partial charge in [0.15, 0.2) is 0 Å². The number of carbonyl (C=O) groups is 1. The first-order valence-electron chi connectivity index (χ1n) is 8.52. The van der Waals surface area contributed by atoms with Crippen molar-refractivity contribution in [1.82, 2.24) is 14.9 Å². The smallest absolute Gasteiger partial charge is 0.267 e. The SMILES string of the molecule is NC(=O)c1ccc2c(=O)n(-c3ccc(N4CCNCC4)cc3)ccc2n1. The number of aromatic nitrogens is 2. The number of primary amides is 1. The Morgan fingerprint density at radius 3 is 2.38 bits per heavy atom. The molecule has 0 aliphatic carbocycles. The molecule has 0 spiro atoms. The lowest BCUT2D eigenvalue weighted by Gasteiger charge is -2.29. The minimum absolute atomic E-state index is 0.148. The number of benzene rings is 1. The van der Waals surface area contributed by atoms with Crippen LogP contribution < -0.4 is 21.5 Å². The van der Waals surface area contributed by atoms with E-state index < -0.39 is 5.91 Å². The number of hydrogen-bond donors (Lipinski definition) is 2. The zero-order valence-corrected chi connectivity index (χ0v) is 14.2. The first-order valence-corrected chi connectivity index (χ1v) is 8.52. The first-order chi connectivity index (χ1) is 12.6. The van der Waals surface area contributed by atoms with Gasteiger partial charge < -0.3 is 16.0 Å². The topological polar surface area (TPSA) is 93.2 Å². The van der Waals surface area contributed by atoms with E-state index in [-0.39, 0.29) is 11.3 Å². The largest absolute Gasteiger partial charge is 0.369 e. The molecule has 0 radical (unpaired) electrons. The number of rotatable bonds is 3. The van der Waals surface area contributed by atoms with E-state index in [1.807, 2.05) is 24.3 Å². The van der Waals surface area contributed by atoms with Crippen LogP contribution in [-0.2, 0) is 0 Å². The fraction of sp³-hybridized carbons (Fsp3) is 0.211. The fourth-order valence-corrected chi connectivity index (χ4v) is 3.21. The third-order valence-corrected chi connectivity index (χ3v) is 4.62. The molecule has 1 amide bonds. The van der Waals surface area contributed by atoms with Gasteiger partial charge in [-0.1, -0.05) is 0 Å². The van der Waals surface area contributed by atoms with Gasteiger partial charge >= 0.3 is 0 Å². The molecule has 132 valence electrons. The average molecular weight is 349 g/mol. The lowest BCUT2D eigenvalue weighted by atomic mass is 10.2. The van der Waals surface area contributed by atoms with Crippen LogP contribution in [0.2, 0.25) is 0 Å². The van der Waals surface area contributed by atoms with Gasteiger partial charge in [0.2, 0.25) is 0 Å². The summed E-state index contributed by atoms with van der Waals surface area (Å²) < 4.78 is 1.58. The third kappa shape index (κ3) is 2.93. The third-order valence-electron chi connectivity index (χ3n) is 4.62. The van der Waals surface area contributed by atoms with Gasteiger partial charge in [-0.15, -0.1) is 0 Å². The van der Waals surface area contributed by atoms with Gasteiger partial charge in [-0.25, -0.2) is 4.98 Å². The molecule has 3 N–H and O–H groups in total. The van der Waals surface area contributed by atoms with E-state index in [4.69, 9.17) is 5.73 Å². The zero-order chi connectivity index (χ0) is 18.1. The van der Waals surface area contributed by atoms with Crippen LogP contribution in [0, 0.1) is 0 Å². The van der Waals surface area contributed by atoms with Crippen molar-refractivity contribution in [1.29, 1.82) is 0 Å². The maximum Gasteiger partial charge on any atom is 0.267 e. The molecule has 3 heterocycles. The van der Waals surface area contributed by atoms with Crippen molar-refractivity contribution >= 4 is 22.5 Å². The lowest BCUT2D eigenvalue weighted by Crippen LogP contribution is -2.43. The highest BCUT2D eigenvalue weighted by atomic mass is 16.1. The number of nitrogens with one attached hydrogen (secondary N) is 1. The molecule has 1 aromatic carbocycles. The number of piperazine rings is 1. The maximum absolute atomic E-state index is 12.8. The van der Waals surface area contributed by atoms with Crippen molar-refractivity contribution in [2.75, 3.05) is 31.1 Å². The monoisotopic (exact) mass is 349 g/mol. The molecule has 1 aliphatic heterocycles. The molecule has 1 saturated heterocycles. The Hall–Kier alpha value is -3.19. The quantitative estimate of drug-likeness (QED) is 0.733. The summed E-state index contributed by atoms with van der Waals surface area (Å²) in [7, 11) is 0. The predicted molar refractivity (Wildman–Crippen MR) is 101 cm³/mol. The number of carbonyl (C=O) groups excluding carboxylic acids is 1. The number of pyridine rings is 2. The van der Waals surface area contributed by atoms with Crippen LogP contribution in [0.3, 0.4) is 0 Å². The second kappa shape index (κ2) is 6.61. The van der Waals surface area contributed by atoms with Crippen molar-refractivity contribution in [3.05, 3.63) is 64.7 Å². The molecule has 0 unspecified atom stereocenters. The van der Waals surface area contributed by atoms with E-state index >= 15 is 0 Å². The Bertz CT molecular complexity index is 1020. The van der Waals surface area contributed by atoms with E-state index in [0.717, 1.165) is 37.6 Å². The maximum atomic E-state index is 12.8. The Balaban J connectivity index is 1.70. The molecule has 4 rings (SSSR count). The standard InChI is InChI=1S/C19H19N5O2/c20-18(25)17-6-5-15-16(22-17)7-10-24(19(15)26)14-3-1-13(2-4-14)23-11-8-21-9-12-23/h1-7,10,21H,8-9,11-12H2,(H2,20,25). The van der Waals surface area contributed by atoms with Crippen LogP contribution in [0.1, 0.15) is 10.5 Å². The summed E-state index contributed by atoms with van der Waals surface area (Å²) in [6.07, 6.45) is 1.67. The molecule has 0 atom stereocenters. The molecular weight excluding hydrogens is 330 g/mol. The molecule has 0 saturated carbocycles. The number of anilines is 1. The van der Waals surface area contributed by atoms with Crippen LogP contribution in [0.5, 0.6) is 0 Å². The predicted octanol–water partition coefficient (Wildman–Crippen LogP) is 0.894. The number of hydrogen-bond acceptors (Lipinski definition) is 5. The van der Waals surface area contributed by atoms with Crippen molar-refractivity contribution in [3.8, 4) is 5.69 Å². The number of amides is 1. The molecule has 7 heteroatoms. The van der Waals surface area contributed by atoms with Crippen molar-refractivity contribution < 1.29 is 4.79 Å². The minimum Gasteiger partial charge on any atom is -0.369 e. The summed E-state index contributed by atoms with van der Waals surface area (Å²) in [5.41, 5.74) is 7.61. The molecule has 2 aromatic heterocycles. The van der Waals surface area contributed by atoms with E-state index in [1.165, 1.54) is 6.07 Å². The van der Waals surface area contributed by atoms with Gasteiger partial charge in [-0.2, -0.15) is 0 Å². The fourth-order valence-electron chi connectivity index (χ4n) is 3.21. The van der Waals surface area contributed by atoms with Crippen molar-refractivity contribution in [3.63, 3.8) is 0 Å². The van der Waals surface area contributed by atoms with Crippen molar-refractivity contribution in [2.24, 2.45) is 5.73 Å². The van der Waals surface area contributed by atoms with Gasteiger partial charge in [-0.05, 0) is 42.5 Å². The van der Waals surface area contributed by atoms with Crippen LogP contribution in [-0.4, -0.2) is 41.6 Å². The molecule has 26 heavy (non-hydrogen) atoms. The van der Waals surface area contributed by atoms with Gasteiger partial charge in [0.05, 0.1) is 10.9 Å². The van der Waals surface area contributed by atoms with Crippen LogP contribution >= 0.6 is 0 Å². The second-order valence-corrected chi connectivity index (χ2v) is 6.24. The van der Waals surface area contributed by atoms with Crippen LogP contribution in [0.4, 0.5) is 5.69 Å². The summed E-state index contributed by atoms with van der Waals surface area (Å²) in [5, 5.41) is 3.78. The minimum atomic E-state index is -0.611. The highest BCUT2D eigenvalue weighted by molar-refractivity contribution is 5.93. The van der Waals surface area contributed by atoms with Gasteiger partial charge in [0, 0.05) is 43.8 Å². The lowest BCUT2D eigenvalue weighted by molar-refractivity contribution is 0.0996. The molecule has 7 nitrogen and oxygen atoms in total. The normalized spacial score (nSPS) is 14.5. The number of fused-ring (bicyclic) bond motifs is 1. The van der Waals surface area contributed by atoms with Gasteiger partial charge in [0.1, 0.15) is 5.69 Å². The average Bonchev–Trinajstić information content (AvgIpc) is 2.69. The highest BCUT2D eigenvalue weighted by Crippen LogP contribution is 2.18. The van der Waals surface area contributed by atoms with Gasteiger partial charge in [0.25, 0.3) is 11.5 Å². The summed E-state index contributed by atoms with van der Waals surface area (Å²) in [4.78, 5) is 30.5. The highest BCUT2D eigenvalue weighted by Gasteiger charge is 2.12. The molecular formula is C19H19N5O2. The number of nitrogens with two attached hydrogens (primary N) is 1. The Morgan fingerprint density at radius 1 is 1.00 bits per heavy atom. The summed E-state index contributed by atoms with van der Waals surface area (Å²) in [5.74, 6) is -0.611. The van der Waals surface area contributed by atoms with E-state index in [2.05, 4.69) is 15.2 Å². The molecule has 1 aliphatic rings. The molecule has 0 bridgehead atoms. The van der Waals surface area contributed by atoms with Crippen molar-refractivity contribution in [2.45, 2.75) is 0 Å². The number of nitrogens with zero attached hydrogens (tertiary/aromatic N) is 3. The van der Waals surface area contributed by atoms with E-state index in [9.17, 15) is 9.59 Å². The van der Waals surface area contributed by atoms with Crippen LogP contribution in [0.15, 0.2) is 53.5 Å². The second-order valence-electron chi connectivity index (χ2n) is 6.24. The first kappa shape index (κ1) is 16.3. The van der Waals surface area contributed by atoms with E-state index in [1.54, 1.807) is 22.9 Å². The Labute approximate surface area is 150 Å². The van der Waals surface area contributed by atoms with Crippen LogP contribution in [0.25, 0.3) is 16.6 Å². The zero-order valence-electron chi connectivity index (χ0n) is 14.2. The molecule has 1 fully saturated rings. The Kier molecular flexibility index (Phi) is 4.14. The summed E-state index contributed by atoms with van der Waals surface area (Å²) in [6.45, 7) is 3.91. The summed E-state index contributed by atoms with van der Waals surface area (Å²) >= 11 is 0. The van der Waals surface area contributed by atoms with Gasteiger partial charge in [-0.3, -0.25) is 14.2 Å². The molecule has 3 aromatic rings. The van der Waals surface area contributed by atoms with E-state index in [0.29, 0.717) is 10.9 Å². The Morgan fingerprint density at radius 2 is 1.69 bits per heavy atom. The summed E-state index contributed by atoms with van der Waals surface area (Å²) in [6, 6.07) is 12.7.